The molecule has 1 aromatic carbocycles. The van der Waals surface area contributed by atoms with Crippen LogP contribution in [0.5, 0.6) is 0 Å². The molecule has 4 aliphatic heterocycles. The van der Waals surface area contributed by atoms with Crippen LogP contribution in [0.2, 0.25) is 0 Å². The number of cyclic esters (lactones) is 1. The number of carbonyl (C=O) groups excluding carboxylic acids is 2. The van der Waals surface area contributed by atoms with E-state index in [1.54, 1.807) is 0 Å². The monoisotopic (exact) mass is 712 g/mol. The van der Waals surface area contributed by atoms with Crippen LogP contribution in [0.1, 0.15) is 37.3 Å². The molecule has 0 radical (unpaired) electrons. The molecule has 8 rings (SSSR count). The molecule has 3 fully saturated rings. The summed E-state index contributed by atoms with van der Waals surface area (Å²) in [6, 6.07) is 7.54. The van der Waals surface area contributed by atoms with Crippen LogP contribution >= 0.6 is 11.3 Å². The van der Waals surface area contributed by atoms with Gasteiger partial charge in [-0.25, -0.2) is 10.4 Å². The van der Waals surface area contributed by atoms with Crippen LogP contribution in [0.25, 0.3) is 33.4 Å². The molecule has 0 aliphatic carbocycles. The number of benzene rings is 1. The Morgan fingerprint density at radius 1 is 1.06 bits per heavy atom. The van der Waals surface area contributed by atoms with Crippen molar-refractivity contribution in [3.8, 4) is 22.5 Å². The van der Waals surface area contributed by atoms with Crippen molar-refractivity contribution in [3.63, 3.8) is 0 Å². The average Bonchev–Trinajstić information content (AvgIpc) is 3.70. The Balaban J connectivity index is 1.26. The molecule has 270 valence electrons. The van der Waals surface area contributed by atoms with Gasteiger partial charge in [0.15, 0.2) is 0 Å². The van der Waals surface area contributed by atoms with Gasteiger partial charge in [0.1, 0.15) is 6.04 Å². The Bertz CT molecular complexity index is 1930. The number of pyridine rings is 1. The molecule has 51 heavy (non-hydrogen) atoms. The molecule has 0 spiro atoms. The summed E-state index contributed by atoms with van der Waals surface area (Å²) in [6.07, 6.45) is 6.25. The van der Waals surface area contributed by atoms with Crippen molar-refractivity contribution in [3.05, 3.63) is 52.6 Å². The number of amides is 1. The van der Waals surface area contributed by atoms with Gasteiger partial charge in [-0.05, 0) is 50.1 Å². The third-order valence-electron chi connectivity index (χ3n) is 10.7. The zero-order valence-electron chi connectivity index (χ0n) is 29.8. The van der Waals surface area contributed by atoms with Gasteiger partial charge in [0.05, 0.1) is 54.1 Å². The standard InChI is InChI=1S/C38H48N8O4S/c1-38(2)16-29-28-14-25(32-22-51-34(41-32)15-30(39)36(47)46-8-4-5-31(42-46)37(48)50-23-38)6-7-33(28)45(19-24-20-49-21-24)35(29)26-13-27(18-40-17-26)44-11-9-43(3)10-12-44/h6-7,13-14,17-18,22,24,30-31,42H,4-5,8-12,15-16,19-21,23,39H2,1-3H3/t30?,31-/m0/s1. The Kier molecular flexibility index (Phi) is 9.34. The number of likely N-dealkylation sites (N-methyl/N-ethyl adjacent to an activating group) is 1. The third kappa shape index (κ3) is 7.02. The number of ether oxygens (including phenoxy) is 2. The fraction of sp³-hybridized carbons (Fsp3) is 0.526. The van der Waals surface area contributed by atoms with E-state index in [2.05, 4.69) is 70.3 Å². The molecule has 2 atom stereocenters. The Labute approximate surface area is 302 Å². The number of hydrogen-bond acceptors (Lipinski definition) is 11. The van der Waals surface area contributed by atoms with Gasteiger partial charge in [-0.2, -0.15) is 0 Å². The average molecular weight is 713 g/mol. The molecule has 6 bridgehead atoms. The second-order valence-corrected chi connectivity index (χ2v) is 16.4. The number of hydrazine groups is 1. The van der Waals surface area contributed by atoms with E-state index < -0.39 is 17.5 Å². The Morgan fingerprint density at radius 3 is 2.67 bits per heavy atom. The number of esters is 1. The molecule has 3 saturated heterocycles. The number of nitrogens with one attached hydrogen (secondary N) is 1. The lowest BCUT2D eigenvalue weighted by atomic mass is 9.84. The second kappa shape index (κ2) is 13.9. The first kappa shape index (κ1) is 34.2. The number of carbonyl (C=O) groups is 2. The topological polar surface area (TPSA) is 131 Å². The van der Waals surface area contributed by atoms with Crippen molar-refractivity contribution < 1.29 is 19.1 Å². The summed E-state index contributed by atoms with van der Waals surface area (Å²) in [7, 11) is 2.17. The molecule has 12 nitrogen and oxygen atoms in total. The quantitative estimate of drug-likeness (QED) is 0.302. The van der Waals surface area contributed by atoms with E-state index in [1.807, 2.05) is 12.4 Å². The van der Waals surface area contributed by atoms with E-state index in [1.165, 1.54) is 21.9 Å². The van der Waals surface area contributed by atoms with E-state index in [9.17, 15) is 9.59 Å². The van der Waals surface area contributed by atoms with E-state index in [-0.39, 0.29) is 18.5 Å². The summed E-state index contributed by atoms with van der Waals surface area (Å²) in [5.74, 6) is -0.174. The van der Waals surface area contributed by atoms with E-state index in [0.717, 1.165) is 90.1 Å². The number of nitrogens with zero attached hydrogens (tertiary/aromatic N) is 6. The highest BCUT2D eigenvalue weighted by Gasteiger charge is 2.34. The molecule has 4 aliphatic rings. The number of rotatable bonds is 4. The SMILES string of the molecule is CN1CCN(c2cncc(-c3c4c5cc(ccc5n3CC3COC3)-c3csc(n3)CC(N)C(=O)N3CCC[C@H](N3)C(=O)OCC(C)(C)C4)c2)CC1. The molecular weight excluding hydrogens is 665 g/mol. The summed E-state index contributed by atoms with van der Waals surface area (Å²) < 4.78 is 14.2. The summed E-state index contributed by atoms with van der Waals surface area (Å²) >= 11 is 1.52. The zero-order chi connectivity index (χ0) is 35.3. The molecular formula is C38H48N8O4S. The fourth-order valence-electron chi connectivity index (χ4n) is 7.75. The van der Waals surface area contributed by atoms with Gasteiger partial charge in [-0.15, -0.1) is 11.3 Å². The number of anilines is 1. The van der Waals surface area contributed by atoms with Crippen molar-refractivity contribution >= 4 is 39.8 Å². The largest absolute Gasteiger partial charge is 0.464 e. The lowest BCUT2D eigenvalue weighted by Crippen LogP contribution is -2.59. The fourth-order valence-corrected chi connectivity index (χ4v) is 8.61. The van der Waals surface area contributed by atoms with Crippen LogP contribution in [0.3, 0.4) is 0 Å². The van der Waals surface area contributed by atoms with Crippen molar-refractivity contribution in [2.45, 2.75) is 58.2 Å². The molecule has 3 N–H and O–H groups in total. The highest BCUT2D eigenvalue weighted by atomic mass is 32.1. The Hall–Kier alpha value is -3.88. The summed E-state index contributed by atoms with van der Waals surface area (Å²) in [6.45, 7) is 11.3. The van der Waals surface area contributed by atoms with Crippen LogP contribution < -0.4 is 16.1 Å². The third-order valence-corrected chi connectivity index (χ3v) is 11.6. The van der Waals surface area contributed by atoms with Gasteiger partial charge in [-0.1, -0.05) is 19.9 Å². The predicted molar refractivity (Wildman–Crippen MR) is 198 cm³/mol. The maximum absolute atomic E-state index is 13.5. The number of aromatic nitrogens is 3. The first-order chi connectivity index (χ1) is 24.6. The van der Waals surface area contributed by atoms with Crippen molar-refractivity contribution in [2.75, 3.05) is 64.5 Å². The highest BCUT2D eigenvalue weighted by Crippen LogP contribution is 2.41. The first-order valence-electron chi connectivity index (χ1n) is 18.2. The lowest BCUT2D eigenvalue weighted by Gasteiger charge is -2.34. The maximum Gasteiger partial charge on any atom is 0.324 e. The lowest BCUT2D eigenvalue weighted by molar-refractivity contribution is -0.154. The molecule has 0 saturated carbocycles. The highest BCUT2D eigenvalue weighted by molar-refractivity contribution is 7.10. The number of hydrogen-bond donors (Lipinski definition) is 2. The molecule has 3 aromatic heterocycles. The molecule has 13 heteroatoms. The second-order valence-electron chi connectivity index (χ2n) is 15.5. The molecule has 4 aromatic rings. The summed E-state index contributed by atoms with van der Waals surface area (Å²) in [4.78, 5) is 41.4. The zero-order valence-corrected chi connectivity index (χ0v) is 30.6. The predicted octanol–water partition coefficient (Wildman–Crippen LogP) is 3.72. The van der Waals surface area contributed by atoms with Crippen molar-refractivity contribution in [1.82, 2.24) is 29.9 Å². The van der Waals surface area contributed by atoms with Gasteiger partial charge in [0.2, 0.25) is 0 Å². The summed E-state index contributed by atoms with van der Waals surface area (Å²) in [5, 5.41) is 5.51. The van der Waals surface area contributed by atoms with Crippen LogP contribution in [-0.2, 0) is 38.4 Å². The first-order valence-corrected chi connectivity index (χ1v) is 19.1. The van der Waals surface area contributed by atoms with Gasteiger partial charge in [0.25, 0.3) is 5.91 Å². The Morgan fingerprint density at radius 2 is 1.88 bits per heavy atom. The molecule has 1 unspecified atom stereocenters. The van der Waals surface area contributed by atoms with E-state index in [4.69, 9.17) is 25.2 Å². The van der Waals surface area contributed by atoms with Gasteiger partial charge in [0, 0.05) is 90.6 Å². The minimum Gasteiger partial charge on any atom is -0.464 e. The van der Waals surface area contributed by atoms with Crippen LogP contribution in [0.4, 0.5) is 5.69 Å². The number of fused-ring (bicyclic) bond motifs is 6. The number of piperazine rings is 1. The number of nitrogens with two attached hydrogens (primary N) is 1. The minimum absolute atomic E-state index is 0.231. The minimum atomic E-state index is -0.777. The smallest absolute Gasteiger partial charge is 0.324 e. The number of thiazole rings is 1. The van der Waals surface area contributed by atoms with Crippen LogP contribution in [0.15, 0.2) is 42.0 Å². The van der Waals surface area contributed by atoms with Crippen molar-refractivity contribution in [2.24, 2.45) is 17.1 Å². The van der Waals surface area contributed by atoms with Gasteiger partial charge < -0.3 is 29.6 Å². The maximum atomic E-state index is 13.5. The summed E-state index contributed by atoms with van der Waals surface area (Å²) in [5.41, 5.74) is 16.7. The van der Waals surface area contributed by atoms with Crippen molar-refractivity contribution in [1.29, 1.82) is 0 Å². The van der Waals surface area contributed by atoms with Gasteiger partial charge >= 0.3 is 5.97 Å². The van der Waals surface area contributed by atoms with E-state index >= 15 is 0 Å². The normalized spacial score (nSPS) is 23.6. The van der Waals surface area contributed by atoms with E-state index in [0.29, 0.717) is 38.1 Å². The molecule has 1 amide bonds. The van der Waals surface area contributed by atoms with Crippen LogP contribution in [0, 0.1) is 11.3 Å². The van der Waals surface area contributed by atoms with Gasteiger partial charge in [-0.3, -0.25) is 19.6 Å². The van der Waals surface area contributed by atoms with Crippen LogP contribution in [-0.4, -0.2) is 108 Å². The molecule has 7 heterocycles.